The summed E-state index contributed by atoms with van der Waals surface area (Å²) in [5, 5.41) is 9.18. The zero-order valence-corrected chi connectivity index (χ0v) is 9.73. The lowest BCUT2D eigenvalue weighted by Gasteiger charge is -2.46. The maximum Gasteiger partial charge on any atom is 0.307 e. The van der Waals surface area contributed by atoms with E-state index in [1.54, 1.807) is 0 Å². The Bertz CT molecular complexity index is 304. The summed E-state index contributed by atoms with van der Waals surface area (Å²) in [4.78, 5) is 11.1. The first kappa shape index (κ1) is 10.7. The molecule has 0 saturated heterocycles. The molecule has 0 radical (unpaired) electrons. The molecule has 3 aliphatic rings. The first-order valence-corrected chi connectivity index (χ1v) is 5.91. The normalized spacial score (nSPS) is 39.3. The molecule has 3 rings (SSSR count). The van der Waals surface area contributed by atoms with Gasteiger partial charge < -0.3 is 5.11 Å². The lowest BCUT2D eigenvalue weighted by Crippen LogP contribution is -2.41. The summed E-state index contributed by atoms with van der Waals surface area (Å²) >= 11 is 0. The zero-order chi connectivity index (χ0) is 11.2. The Hall–Kier alpha value is -0.790. The van der Waals surface area contributed by atoms with Gasteiger partial charge in [-0.1, -0.05) is 25.5 Å². The Balaban J connectivity index is 2.23. The topological polar surface area (TPSA) is 37.3 Å². The van der Waals surface area contributed by atoms with E-state index >= 15 is 0 Å². The van der Waals surface area contributed by atoms with Crippen molar-refractivity contribution >= 4 is 5.97 Å². The minimum absolute atomic E-state index is 0.116. The monoisotopic (exact) mass is 208 g/mol. The van der Waals surface area contributed by atoms with Gasteiger partial charge in [0, 0.05) is 0 Å². The zero-order valence-electron chi connectivity index (χ0n) is 9.73. The minimum Gasteiger partial charge on any atom is -0.481 e. The number of rotatable bonds is 2. The summed E-state index contributed by atoms with van der Waals surface area (Å²) in [6.45, 7) is 6.61. The van der Waals surface area contributed by atoms with Crippen LogP contribution in [0.2, 0.25) is 0 Å². The Labute approximate surface area is 91.4 Å². The van der Waals surface area contributed by atoms with Crippen LogP contribution in [0.3, 0.4) is 0 Å². The Morgan fingerprint density at radius 2 is 2.13 bits per heavy atom. The lowest BCUT2D eigenvalue weighted by molar-refractivity contribution is -0.146. The van der Waals surface area contributed by atoms with Crippen LogP contribution >= 0.6 is 0 Å². The van der Waals surface area contributed by atoms with Gasteiger partial charge >= 0.3 is 5.97 Å². The molecule has 3 aliphatic carbocycles. The summed E-state index contributed by atoms with van der Waals surface area (Å²) in [6.07, 6.45) is 4.28. The van der Waals surface area contributed by atoms with E-state index in [0.717, 1.165) is 12.8 Å². The molecule has 0 amide bonds. The van der Waals surface area contributed by atoms with Crippen LogP contribution in [0.5, 0.6) is 0 Å². The van der Waals surface area contributed by atoms with E-state index in [1.165, 1.54) is 5.57 Å². The Kier molecular flexibility index (Phi) is 2.61. The second-order valence-corrected chi connectivity index (χ2v) is 5.51. The number of allylic oxidation sites excluding steroid dienone is 2. The second kappa shape index (κ2) is 3.66. The van der Waals surface area contributed by atoms with Crippen molar-refractivity contribution in [2.75, 3.05) is 0 Å². The van der Waals surface area contributed by atoms with Gasteiger partial charge in [-0.2, -0.15) is 0 Å². The van der Waals surface area contributed by atoms with Crippen molar-refractivity contribution in [2.24, 2.45) is 29.6 Å². The van der Waals surface area contributed by atoms with Crippen molar-refractivity contribution < 1.29 is 9.90 Å². The predicted molar refractivity (Wildman–Crippen MR) is 59.4 cm³/mol. The van der Waals surface area contributed by atoms with Gasteiger partial charge in [0.15, 0.2) is 0 Å². The van der Waals surface area contributed by atoms with Crippen molar-refractivity contribution in [3.05, 3.63) is 11.6 Å². The van der Waals surface area contributed by atoms with Crippen LogP contribution in [0.4, 0.5) is 0 Å². The standard InChI is InChI=1S/C13H20O2/c1-7(2)10-6-11-8(3)4-9(10)5-12(11)13(14)15/h4,7,9-12H,5-6H2,1-3H3,(H,14,15). The highest BCUT2D eigenvalue weighted by Crippen LogP contribution is 2.49. The first-order chi connectivity index (χ1) is 7.00. The van der Waals surface area contributed by atoms with Crippen molar-refractivity contribution in [1.29, 1.82) is 0 Å². The lowest BCUT2D eigenvalue weighted by atomic mass is 9.58. The minimum atomic E-state index is -0.598. The maximum atomic E-state index is 11.1. The number of carboxylic acid groups (broad SMARTS) is 1. The molecule has 1 fully saturated rings. The maximum absolute atomic E-state index is 11.1. The van der Waals surface area contributed by atoms with Crippen molar-refractivity contribution in [3.63, 3.8) is 0 Å². The van der Waals surface area contributed by atoms with E-state index in [2.05, 4.69) is 26.8 Å². The van der Waals surface area contributed by atoms with E-state index in [0.29, 0.717) is 23.7 Å². The molecule has 4 unspecified atom stereocenters. The fourth-order valence-corrected chi connectivity index (χ4v) is 3.46. The van der Waals surface area contributed by atoms with Gasteiger partial charge in [0.1, 0.15) is 0 Å². The average molecular weight is 208 g/mol. The van der Waals surface area contributed by atoms with Gasteiger partial charge in [0.25, 0.3) is 0 Å². The third kappa shape index (κ3) is 1.70. The number of hydrogen-bond donors (Lipinski definition) is 1. The molecule has 0 aliphatic heterocycles. The predicted octanol–water partition coefficient (Wildman–Crippen LogP) is 2.95. The molecule has 1 saturated carbocycles. The van der Waals surface area contributed by atoms with Crippen LogP contribution in [0.15, 0.2) is 11.6 Å². The van der Waals surface area contributed by atoms with Crippen LogP contribution in [0.25, 0.3) is 0 Å². The summed E-state index contributed by atoms with van der Waals surface area (Å²) in [7, 11) is 0. The Morgan fingerprint density at radius 1 is 1.47 bits per heavy atom. The average Bonchev–Trinajstić information content (AvgIpc) is 2.16. The number of carbonyl (C=O) groups is 1. The van der Waals surface area contributed by atoms with Gasteiger partial charge in [0.05, 0.1) is 5.92 Å². The van der Waals surface area contributed by atoms with Gasteiger partial charge in [0.2, 0.25) is 0 Å². The molecule has 0 aromatic heterocycles. The fraction of sp³-hybridized carbons (Fsp3) is 0.769. The molecule has 2 bridgehead atoms. The van der Waals surface area contributed by atoms with Gasteiger partial charge in [-0.3, -0.25) is 4.79 Å². The number of fused-ring (bicyclic) bond motifs is 2. The molecule has 2 nitrogen and oxygen atoms in total. The van der Waals surface area contributed by atoms with E-state index in [1.807, 2.05) is 0 Å². The SMILES string of the molecule is CC1=CC2CC(C(=O)O)C1CC2C(C)C. The number of hydrogen-bond acceptors (Lipinski definition) is 1. The third-order valence-electron chi connectivity index (χ3n) is 4.32. The number of carboxylic acids is 1. The van der Waals surface area contributed by atoms with E-state index in [4.69, 9.17) is 0 Å². The van der Waals surface area contributed by atoms with Crippen LogP contribution in [0.1, 0.15) is 33.6 Å². The Morgan fingerprint density at radius 3 is 2.60 bits per heavy atom. The van der Waals surface area contributed by atoms with Crippen molar-refractivity contribution in [3.8, 4) is 0 Å². The molecule has 84 valence electrons. The number of aliphatic carboxylic acids is 1. The van der Waals surface area contributed by atoms with E-state index in [-0.39, 0.29) is 5.92 Å². The van der Waals surface area contributed by atoms with Gasteiger partial charge in [-0.15, -0.1) is 0 Å². The molecule has 15 heavy (non-hydrogen) atoms. The molecule has 0 heterocycles. The summed E-state index contributed by atoms with van der Waals surface area (Å²) in [5.41, 5.74) is 1.32. The molecule has 0 spiro atoms. The summed E-state index contributed by atoms with van der Waals surface area (Å²) in [6, 6.07) is 0. The largest absolute Gasteiger partial charge is 0.481 e. The highest BCUT2D eigenvalue weighted by atomic mass is 16.4. The summed E-state index contributed by atoms with van der Waals surface area (Å²) in [5.74, 6) is 1.48. The van der Waals surface area contributed by atoms with E-state index < -0.39 is 5.97 Å². The van der Waals surface area contributed by atoms with E-state index in [9.17, 15) is 9.90 Å². The molecular weight excluding hydrogens is 188 g/mol. The van der Waals surface area contributed by atoms with Crippen LogP contribution in [-0.2, 0) is 4.79 Å². The quantitative estimate of drug-likeness (QED) is 0.708. The molecular formula is C13H20O2. The first-order valence-electron chi connectivity index (χ1n) is 5.91. The molecule has 2 heteroatoms. The smallest absolute Gasteiger partial charge is 0.307 e. The highest BCUT2D eigenvalue weighted by molar-refractivity contribution is 5.71. The summed E-state index contributed by atoms with van der Waals surface area (Å²) < 4.78 is 0. The van der Waals surface area contributed by atoms with Crippen molar-refractivity contribution in [2.45, 2.75) is 33.6 Å². The highest BCUT2D eigenvalue weighted by Gasteiger charge is 2.44. The van der Waals surface area contributed by atoms with Crippen LogP contribution in [-0.4, -0.2) is 11.1 Å². The molecule has 0 aromatic rings. The van der Waals surface area contributed by atoms with Crippen molar-refractivity contribution in [1.82, 2.24) is 0 Å². The van der Waals surface area contributed by atoms with Crippen LogP contribution < -0.4 is 0 Å². The second-order valence-electron chi connectivity index (χ2n) is 5.51. The molecule has 0 aromatic carbocycles. The molecule has 1 N–H and O–H groups in total. The third-order valence-corrected chi connectivity index (χ3v) is 4.32. The fourth-order valence-electron chi connectivity index (χ4n) is 3.46. The van der Waals surface area contributed by atoms with Gasteiger partial charge in [-0.25, -0.2) is 0 Å². The van der Waals surface area contributed by atoms with Crippen LogP contribution in [0, 0.1) is 29.6 Å². The van der Waals surface area contributed by atoms with Gasteiger partial charge in [-0.05, 0) is 43.4 Å². The molecule has 4 atom stereocenters.